The quantitative estimate of drug-likeness (QED) is 0.823. The molecule has 1 atom stereocenters. The average molecular weight is 348 g/mol. The van der Waals surface area contributed by atoms with Crippen LogP contribution in [-0.4, -0.2) is 23.2 Å². The average Bonchev–Trinajstić information content (AvgIpc) is 2.51. The van der Waals surface area contributed by atoms with Crippen molar-refractivity contribution in [3.8, 4) is 11.5 Å². The first-order valence-electron chi connectivity index (χ1n) is 7.90. The Kier molecular flexibility index (Phi) is 6.10. The van der Waals surface area contributed by atoms with Gasteiger partial charge in [-0.2, -0.15) is 0 Å². The van der Waals surface area contributed by atoms with Crippen molar-refractivity contribution in [2.75, 3.05) is 0 Å². The van der Waals surface area contributed by atoms with E-state index in [2.05, 4.69) is 5.32 Å². The molecule has 0 saturated carbocycles. The fraction of sp³-hybridized carbons (Fsp3) is 0.316. The van der Waals surface area contributed by atoms with Gasteiger partial charge in [-0.15, -0.1) is 0 Å². The maximum Gasteiger partial charge on any atom is 0.251 e. The Labute approximate surface area is 147 Å². The zero-order valence-electron chi connectivity index (χ0n) is 14.0. The van der Waals surface area contributed by atoms with Crippen LogP contribution in [0.5, 0.6) is 11.5 Å². The highest BCUT2D eigenvalue weighted by atomic mass is 35.5. The normalized spacial score (nSPS) is 12.0. The van der Waals surface area contributed by atoms with Crippen molar-refractivity contribution in [2.45, 2.75) is 39.3 Å². The lowest BCUT2D eigenvalue weighted by atomic mass is 10.1. The van der Waals surface area contributed by atoms with E-state index in [1.54, 1.807) is 30.3 Å². The summed E-state index contributed by atoms with van der Waals surface area (Å²) in [6.07, 6.45) is 0.696. The molecular formula is C19H22ClNO3. The number of phenols is 1. The number of rotatable bonds is 6. The Hall–Kier alpha value is -2.20. The number of aromatic hydroxyl groups is 1. The molecule has 2 aromatic rings. The number of phenolic OH excluding ortho intramolecular Hbond substituents is 1. The number of halogens is 1. The first kappa shape index (κ1) is 18.1. The van der Waals surface area contributed by atoms with Gasteiger partial charge in [-0.1, -0.05) is 23.7 Å². The van der Waals surface area contributed by atoms with Crippen LogP contribution in [0, 0.1) is 0 Å². The van der Waals surface area contributed by atoms with E-state index >= 15 is 0 Å². The summed E-state index contributed by atoms with van der Waals surface area (Å²) in [4.78, 5) is 12.3. The van der Waals surface area contributed by atoms with Crippen LogP contribution >= 0.6 is 11.6 Å². The van der Waals surface area contributed by atoms with Crippen molar-refractivity contribution in [1.82, 2.24) is 5.32 Å². The molecule has 0 saturated heterocycles. The van der Waals surface area contributed by atoms with Gasteiger partial charge in [0, 0.05) is 11.6 Å². The molecule has 2 N–H and O–H groups in total. The van der Waals surface area contributed by atoms with Crippen LogP contribution in [0.1, 0.15) is 36.7 Å². The molecule has 0 heterocycles. The minimum Gasteiger partial charge on any atom is -0.508 e. The van der Waals surface area contributed by atoms with E-state index in [9.17, 15) is 9.90 Å². The van der Waals surface area contributed by atoms with Crippen LogP contribution in [0.15, 0.2) is 42.5 Å². The fourth-order valence-corrected chi connectivity index (χ4v) is 2.56. The van der Waals surface area contributed by atoms with Crippen molar-refractivity contribution in [2.24, 2.45) is 0 Å². The lowest BCUT2D eigenvalue weighted by molar-refractivity contribution is 0.0940. The van der Waals surface area contributed by atoms with Gasteiger partial charge < -0.3 is 15.2 Å². The molecule has 0 aliphatic rings. The van der Waals surface area contributed by atoms with Gasteiger partial charge in [0.05, 0.1) is 11.1 Å². The SMILES string of the molecule is CC(Cc1ccc(O)cc1)NC(=O)c1ccc(OC(C)C)c(Cl)c1. The van der Waals surface area contributed by atoms with Crippen LogP contribution < -0.4 is 10.1 Å². The van der Waals surface area contributed by atoms with Gasteiger partial charge in [0.1, 0.15) is 11.5 Å². The van der Waals surface area contributed by atoms with Gasteiger partial charge in [0.25, 0.3) is 5.91 Å². The molecule has 2 aromatic carbocycles. The number of amides is 1. The molecule has 0 spiro atoms. The van der Waals surface area contributed by atoms with Gasteiger partial charge in [-0.25, -0.2) is 0 Å². The highest BCUT2D eigenvalue weighted by Gasteiger charge is 2.13. The molecule has 5 heteroatoms. The first-order valence-corrected chi connectivity index (χ1v) is 8.28. The second-order valence-corrected chi connectivity index (χ2v) is 6.46. The van der Waals surface area contributed by atoms with Crippen LogP contribution in [0.25, 0.3) is 0 Å². The molecule has 0 radical (unpaired) electrons. The molecule has 0 fully saturated rings. The third-order valence-corrected chi connectivity index (χ3v) is 3.71. The zero-order chi connectivity index (χ0) is 17.7. The van der Waals surface area contributed by atoms with Crippen molar-refractivity contribution >= 4 is 17.5 Å². The monoisotopic (exact) mass is 347 g/mol. The zero-order valence-corrected chi connectivity index (χ0v) is 14.8. The lowest BCUT2D eigenvalue weighted by Crippen LogP contribution is -2.34. The van der Waals surface area contributed by atoms with E-state index in [-0.39, 0.29) is 23.8 Å². The van der Waals surface area contributed by atoms with E-state index in [4.69, 9.17) is 16.3 Å². The highest BCUT2D eigenvalue weighted by molar-refractivity contribution is 6.32. The summed E-state index contributed by atoms with van der Waals surface area (Å²) in [6.45, 7) is 5.77. The third-order valence-electron chi connectivity index (χ3n) is 3.41. The van der Waals surface area contributed by atoms with E-state index < -0.39 is 0 Å². The molecule has 1 amide bonds. The number of carbonyl (C=O) groups is 1. The molecule has 0 bridgehead atoms. The molecule has 0 aliphatic heterocycles. The molecule has 4 nitrogen and oxygen atoms in total. The topological polar surface area (TPSA) is 58.6 Å². The van der Waals surface area contributed by atoms with Crippen LogP contribution in [0.2, 0.25) is 5.02 Å². The van der Waals surface area contributed by atoms with E-state index in [1.807, 2.05) is 32.9 Å². The standard InChI is InChI=1S/C19H22ClNO3/c1-12(2)24-18-9-6-15(11-17(18)20)19(23)21-13(3)10-14-4-7-16(22)8-5-14/h4-9,11-13,22H,10H2,1-3H3,(H,21,23). The fourth-order valence-electron chi connectivity index (χ4n) is 2.34. The first-order chi connectivity index (χ1) is 11.3. The maximum atomic E-state index is 12.3. The van der Waals surface area contributed by atoms with Gasteiger partial charge in [0.2, 0.25) is 0 Å². The van der Waals surface area contributed by atoms with E-state index in [0.29, 0.717) is 22.8 Å². The maximum absolute atomic E-state index is 12.3. The number of hydrogen-bond acceptors (Lipinski definition) is 3. The van der Waals surface area contributed by atoms with Crippen molar-refractivity contribution in [3.63, 3.8) is 0 Å². The summed E-state index contributed by atoms with van der Waals surface area (Å²) in [5.74, 6) is 0.619. The molecule has 24 heavy (non-hydrogen) atoms. The Morgan fingerprint density at radius 2 is 1.83 bits per heavy atom. The molecule has 2 rings (SSSR count). The van der Waals surface area contributed by atoms with E-state index in [1.165, 1.54) is 0 Å². The van der Waals surface area contributed by atoms with Crippen LogP contribution in [-0.2, 0) is 6.42 Å². The predicted molar refractivity (Wildman–Crippen MR) is 96.0 cm³/mol. The predicted octanol–water partition coefficient (Wildman–Crippen LogP) is 4.19. The lowest BCUT2D eigenvalue weighted by Gasteiger charge is -2.15. The van der Waals surface area contributed by atoms with Gasteiger partial charge in [-0.3, -0.25) is 4.79 Å². The number of benzene rings is 2. The van der Waals surface area contributed by atoms with Gasteiger partial charge in [0.15, 0.2) is 0 Å². The third kappa shape index (κ3) is 5.17. The van der Waals surface area contributed by atoms with Crippen molar-refractivity contribution in [3.05, 3.63) is 58.6 Å². The number of hydrogen-bond donors (Lipinski definition) is 2. The smallest absolute Gasteiger partial charge is 0.251 e. The Balaban J connectivity index is 1.98. The van der Waals surface area contributed by atoms with Gasteiger partial charge in [-0.05, 0) is 63.1 Å². The Morgan fingerprint density at radius 3 is 2.42 bits per heavy atom. The van der Waals surface area contributed by atoms with Crippen molar-refractivity contribution < 1.29 is 14.6 Å². The number of ether oxygens (including phenoxy) is 1. The Bertz CT molecular complexity index is 698. The summed E-state index contributed by atoms with van der Waals surface area (Å²) in [5.41, 5.74) is 1.54. The summed E-state index contributed by atoms with van der Waals surface area (Å²) in [5, 5.41) is 12.7. The molecule has 1 unspecified atom stereocenters. The van der Waals surface area contributed by atoms with Crippen molar-refractivity contribution in [1.29, 1.82) is 0 Å². The molecule has 0 aromatic heterocycles. The number of carbonyl (C=O) groups excluding carboxylic acids is 1. The largest absolute Gasteiger partial charge is 0.508 e. The molecule has 128 valence electrons. The van der Waals surface area contributed by atoms with Crippen LogP contribution in [0.3, 0.4) is 0 Å². The minimum absolute atomic E-state index is 0.0208. The number of nitrogens with one attached hydrogen (secondary N) is 1. The Morgan fingerprint density at radius 1 is 1.17 bits per heavy atom. The summed E-state index contributed by atoms with van der Waals surface area (Å²) in [6, 6.07) is 11.9. The van der Waals surface area contributed by atoms with Crippen LogP contribution in [0.4, 0.5) is 0 Å². The van der Waals surface area contributed by atoms with Gasteiger partial charge >= 0.3 is 0 Å². The summed E-state index contributed by atoms with van der Waals surface area (Å²) in [7, 11) is 0. The molecular weight excluding hydrogens is 326 g/mol. The van der Waals surface area contributed by atoms with E-state index in [0.717, 1.165) is 5.56 Å². The second kappa shape index (κ2) is 8.06. The second-order valence-electron chi connectivity index (χ2n) is 6.06. The minimum atomic E-state index is -0.181. The summed E-state index contributed by atoms with van der Waals surface area (Å²) >= 11 is 6.17. The molecule has 0 aliphatic carbocycles. The summed E-state index contributed by atoms with van der Waals surface area (Å²) < 4.78 is 5.57. The highest BCUT2D eigenvalue weighted by Crippen LogP contribution is 2.26.